The Hall–Kier alpha value is -2.28. The van der Waals surface area contributed by atoms with E-state index in [0.29, 0.717) is 30.8 Å². The Balaban J connectivity index is 1.92. The number of benzene rings is 1. The molecule has 0 bridgehead atoms. The van der Waals surface area contributed by atoms with Crippen LogP contribution < -0.4 is 4.90 Å². The van der Waals surface area contributed by atoms with Gasteiger partial charge in [-0.05, 0) is 12.1 Å². The molecule has 1 aliphatic rings. The van der Waals surface area contributed by atoms with Gasteiger partial charge in [0.1, 0.15) is 11.3 Å². The minimum atomic E-state index is -0.693. The maximum Gasteiger partial charge on any atom is 0.308 e. The van der Waals surface area contributed by atoms with Crippen LogP contribution in [-0.2, 0) is 14.3 Å². The highest BCUT2D eigenvalue weighted by Gasteiger charge is 2.25. The van der Waals surface area contributed by atoms with E-state index in [4.69, 9.17) is 4.74 Å². The number of pyridine rings is 1. The zero-order chi connectivity index (χ0) is 16.4. The van der Waals surface area contributed by atoms with Crippen molar-refractivity contribution in [2.75, 3.05) is 31.7 Å². The molecule has 0 spiro atoms. The number of ether oxygens (including phenoxy) is 2. The molecule has 1 fully saturated rings. The first kappa shape index (κ1) is 15.6. The second kappa shape index (κ2) is 6.45. The van der Waals surface area contributed by atoms with Gasteiger partial charge >= 0.3 is 5.97 Å². The lowest BCUT2D eigenvalue weighted by atomic mass is 10.1. The van der Waals surface area contributed by atoms with Crippen LogP contribution in [0.15, 0.2) is 24.4 Å². The number of nitrogens with zero attached hydrogens (tertiary/aromatic N) is 2. The standard InChI is InChI=1S/C16H16F2N2O3/c1-22-15(21)8-11-9-20(4-5-23-11)14-2-3-19-16-12(14)6-10(17)7-13(16)18/h2-3,6-7,11H,4-5,8-9H2,1H3. The molecule has 1 aromatic heterocycles. The fraction of sp³-hybridized carbons (Fsp3) is 0.375. The SMILES string of the molecule is COC(=O)CC1CN(c2ccnc3c(F)cc(F)cc23)CCO1. The summed E-state index contributed by atoms with van der Waals surface area (Å²) in [5, 5.41) is 0.406. The number of anilines is 1. The van der Waals surface area contributed by atoms with Gasteiger partial charge in [0.25, 0.3) is 0 Å². The molecule has 0 saturated carbocycles. The van der Waals surface area contributed by atoms with E-state index in [9.17, 15) is 13.6 Å². The van der Waals surface area contributed by atoms with E-state index in [2.05, 4.69) is 9.72 Å². The Morgan fingerprint density at radius 2 is 2.30 bits per heavy atom. The van der Waals surface area contributed by atoms with Crippen molar-refractivity contribution in [3.8, 4) is 0 Å². The van der Waals surface area contributed by atoms with Crippen molar-refractivity contribution in [3.63, 3.8) is 0 Å². The number of methoxy groups -OCH3 is 1. The van der Waals surface area contributed by atoms with E-state index in [-0.39, 0.29) is 24.0 Å². The molecule has 7 heteroatoms. The van der Waals surface area contributed by atoms with Gasteiger partial charge in [0.15, 0.2) is 5.82 Å². The summed E-state index contributed by atoms with van der Waals surface area (Å²) < 4.78 is 37.7. The van der Waals surface area contributed by atoms with E-state index in [1.165, 1.54) is 19.4 Å². The normalized spacial score (nSPS) is 18.2. The quantitative estimate of drug-likeness (QED) is 0.812. The Morgan fingerprint density at radius 1 is 1.48 bits per heavy atom. The largest absolute Gasteiger partial charge is 0.469 e. The summed E-state index contributed by atoms with van der Waals surface area (Å²) in [6.45, 7) is 1.42. The van der Waals surface area contributed by atoms with Crippen molar-refractivity contribution in [2.45, 2.75) is 12.5 Å². The molecule has 0 aliphatic carbocycles. The van der Waals surface area contributed by atoms with Crippen molar-refractivity contribution in [1.82, 2.24) is 4.98 Å². The second-order valence-electron chi connectivity index (χ2n) is 5.33. The van der Waals surface area contributed by atoms with Crippen LogP contribution >= 0.6 is 0 Å². The summed E-state index contributed by atoms with van der Waals surface area (Å²) in [5.74, 6) is -1.70. The zero-order valence-corrected chi connectivity index (χ0v) is 12.6. The third kappa shape index (κ3) is 3.24. The number of morpholine rings is 1. The number of esters is 1. The molecule has 1 unspecified atom stereocenters. The van der Waals surface area contributed by atoms with Gasteiger partial charge in [-0.15, -0.1) is 0 Å². The predicted octanol–water partition coefficient (Wildman–Crippen LogP) is 2.28. The van der Waals surface area contributed by atoms with E-state index < -0.39 is 11.6 Å². The van der Waals surface area contributed by atoms with Gasteiger partial charge in [0.05, 0.1) is 26.2 Å². The van der Waals surface area contributed by atoms with E-state index in [1.54, 1.807) is 6.07 Å². The highest BCUT2D eigenvalue weighted by atomic mass is 19.1. The monoisotopic (exact) mass is 322 g/mol. The first-order valence-electron chi connectivity index (χ1n) is 7.25. The fourth-order valence-electron chi connectivity index (χ4n) is 2.77. The fourth-order valence-corrected chi connectivity index (χ4v) is 2.77. The molecule has 122 valence electrons. The van der Waals surface area contributed by atoms with Crippen LogP contribution in [0.2, 0.25) is 0 Å². The molecule has 0 amide bonds. The molecule has 2 heterocycles. The summed E-state index contributed by atoms with van der Waals surface area (Å²) in [7, 11) is 1.32. The number of carbonyl (C=O) groups excluding carboxylic acids is 1. The predicted molar refractivity (Wildman–Crippen MR) is 80.2 cm³/mol. The van der Waals surface area contributed by atoms with Crippen molar-refractivity contribution in [1.29, 1.82) is 0 Å². The second-order valence-corrected chi connectivity index (χ2v) is 5.33. The van der Waals surface area contributed by atoms with Crippen LogP contribution in [0.1, 0.15) is 6.42 Å². The summed E-state index contributed by atoms with van der Waals surface area (Å²) in [5.41, 5.74) is 0.798. The summed E-state index contributed by atoms with van der Waals surface area (Å²) in [6.07, 6.45) is 1.31. The Bertz CT molecular complexity index is 739. The molecule has 0 radical (unpaired) electrons. The maximum atomic E-state index is 13.9. The van der Waals surface area contributed by atoms with Gasteiger partial charge in [-0.1, -0.05) is 0 Å². The number of aromatic nitrogens is 1. The molecule has 3 rings (SSSR count). The van der Waals surface area contributed by atoms with Crippen LogP contribution in [0.4, 0.5) is 14.5 Å². The molecule has 0 N–H and O–H groups in total. The minimum absolute atomic E-state index is 0.125. The van der Waals surface area contributed by atoms with Crippen LogP contribution in [0.25, 0.3) is 10.9 Å². The lowest BCUT2D eigenvalue weighted by molar-refractivity contribution is -0.144. The Labute approximate surface area is 131 Å². The number of fused-ring (bicyclic) bond motifs is 1. The van der Waals surface area contributed by atoms with Crippen LogP contribution in [0.3, 0.4) is 0 Å². The van der Waals surface area contributed by atoms with Gasteiger partial charge in [0.2, 0.25) is 0 Å². The molecule has 23 heavy (non-hydrogen) atoms. The third-order valence-electron chi connectivity index (χ3n) is 3.84. The van der Waals surface area contributed by atoms with Crippen molar-refractivity contribution in [3.05, 3.63) is 36.0 Å². The molecule has 1 aromatic carbocycles. The molecular weight excluding hydrogens is 306 g/mol. The van der Waals surface area contributed by atoms with E-state index in [1.807, 2.05) is 4.90 Å². The Kier molecular flexibility index (Phi) is 4.38. The number of halogens is 2. The number of rotatable bonds is 3. The first-order chi connectivity index (χ1) is 11.1. The number of hydrogen-bond acceptors (Lipinski definition) is 5. The lowest BCUT2D eigenvalue weighted by Gasteiger charge is -2.34. The minimum Gasteiger partial charge on any atom is -0.469 e. The van der Waals surface area contributed by atoms with Crippen molar-refractivity contribution < 1.29 is 23.0 Å². The average molecular weight is 322 g/mol. The highest BCUT2D eigenvalue weighted by Crippen LogP contribution is 2.29. The van der Waals surface area contributed by atoms with E-state index >= 15 is 0 Å². The van der Waals surface area contributed by atoms with E-state index in [0.717, 1.165) is 6.07 Å². The van der Waals surface area contributed by atoms with Gasteiger partial charge in [-0.25, -0.2) is 8.78 Å². The molecule has 1 atom stereocenters. The number of hydrogen-bond donors (Lipinski definition) is 0. The zero-order valence-electron chi connectivity index (χ0n) is 12.6. The first-order valence-corrected chi connectivity index (χ1v) is 7.25. The highest BCUT2D eigenvalue weighted by molar-refractivity contribution is 5.92. The lowest BCUT2D eigenvalue weighted by Crippen LogP contribution is -2.43. The topological polar surface area (TPSA) is 51.7 Å². The van der Waals surface area contributed by atoms with Crippen LogP contribution in [0.5, 0.6) is 0 Å². The summed E-state index contributed by atoms with van der Waals surface area (Å²) in [6, 6.07) is 3.80. The summed E-state index contributed by atoms with van der Waals surface area (Å²) >= 11 is 0. The Morgan fingerprint density at radius 3 is 3.09 bits per heavy atom. The molecule has 5 nitrogen and oxygen atoms in total. The van der Waals surface area contributed by atoms with Gasteiger partial charge in [-0.2, -0.15) is 0 Å². The van der Waals surface area contributed by atoms with Crippen LogP contribution in [-0.4, -0.2) is 43.9 Å². The maximum absolute atomic E-state index is 13.9. The van der Waals surface area contributed by atoms with Gasteiger partial charge in [-0.3, -0.25) is 9.78 Å². The third-order valence-corrected chi connectivity index (χ3v) is 3.84. The van der Waals surface area contributed by atoms with Gasteiger partial charge in [0, 0.05) is 36.4 Å². The summed E-state index contributed by atoms with van der Waals surface area (Å²) in [4.78, 5) is 17.3. The molecule has 2 aromatic rings. The molecular formula is C16H16F2N2O3. The van der Waals surface area contributed by atoms with Gasteiger partial charge < -0.3 is 14.4 Å². The average Bonchev–Trinajstić information content (AvgIpc) is 2.54. The van der Waals surface area contributed by atoms with Crippen molar-refractivity contribution >= 4 is 22.6 Å². The molecule has 1 saturated heterocycles. The van der Waals surface area contributed by atoms with Crippen LogP contribution in [0, 0.1) is 11.6 Å². The van der Waals surface area contributed by atoms with Crippen molar-refractivity contribution in [2.24, 2.45) is 0 Å². The smallest absolute Gasteiger partial charge is 0.308 e. The molecule has 1 aliphatic heterocycles. The number of carbonyl (C=O) groups is 1.